The zero-order valence-corrected chi connectivity index (χ0v) is 16.4. The van der Waals surface area contributed by atoms with Crippen LogP contribution in [0.3, 0.4) is 0 Å². The van der Waals surface area contributed by atoms with Crippen LogP contribution in [0.15, 0.2) is 6.07 Å². The van der Waals surface area contributed by atoms with Gasteiger partial charge in [0, 0.05) is 23.9 Å². The number of amides is 1. The van der Waals surface area contributed by atoms with Gasteiger partial charge in [0.1, 0.15) is 5.60 Å². The minimum atomic E-state index is -0.241. The summed E-state index contributed by atoms with van der Waals surface area (Å²) >= 11 is 7.96. The van der Waals surface area contributed by atoms with E-state index >= 15 is 0 Å². The molecule has 0 bridgehead atoms. The summed E-state index contributed by atoms with van der Waals surface area (Å²) in [7, 11) is 0. The molecule has 1 aromatic rings. The number of rotatable bonds is 2. The Bertz CT molecular complexity index is 647. The summed E-state index contributed by atoms with van der Waals surface area (Å²) in [6, 6.07) is 2.71. The Morgan fingerprint density at radius 3 is 2.88 bits per heavy atom. The lowest BCUT2D eigenvalue weighted by molar-refractivity contribution is -0.122. The Labute approximate surface area is 158 Å². The normalized spacial score (nSPS) is 33.5. The van der Waals surface area contributed by atoms with Gasteiger partial charge in [0.15, 0.2) is 0 Å². The first-order valence-electron chi connectivity index (χ1n) is 8.40. The Kier molecular flexibility index (Phi) is 4.95. The standard InChI is InChI=1S/C17H23ClN2O2S.ClH/c1-10-8-17(15-12(3-6-22-17)7-14(18)23-15)9-13(19-10)16(4-5-16)20-11(2)21;/h7,10,13,19H,3-6,8-9H2,1-2H3,(H,20,21);1H/t10-,13-,17-;/m0./s1. The highest BCUT2D eigenvalue weighted by Crippen LogP contribution is 2.51. The Hall–Kier alpha value is -0.330. The van der Waals surface area contributed by atoms with Gasteiger partial charge in [0.05, 0.1) is 16.5 Å². The van der Waals surface area contributed by atoms with E-state index in [0.717, 1.165) is 43.0 Å². The predicted molar refractivity (Wildman–Crippen MR) is 99.3 cm³/mol. The van der Waals surface area contributed by atoms with Gasteiger partial charge in [0.25, 0.3) is 0 Å². The topological polar surface area (TPSA) is 50.4 Å². The maximum absolute atomic E-state index is 11.6. The molecule has 0 unspecified atom stereocenters. The SMILES string of the molecule is CC(=O)NC1([C@@H]2C[C@]3(C[C@H](C)N2)OCCc2cc(Cl)sc23)CC1.Cl. The number of hydrogen-bond acceptors (Lipinski definition) is 4. The number of ether oxygens (including phenoxy) is 1. The average molecular weight is 391 g/mol. The summed E-state index contributed by atoms with van der Waals surface area (Å²) in [5.41, 5.74) is 1.02. The molecule has 0 aromatic carbocycles. The fourth-order valence-corrected chi connectivity index (χ4v) is 5.92. The number of nitrogens with one attached hydrogen (secondary N) is 2. The van der Waals surface area contributed by atoms with Gasteiger partial charge in [-0.1, -0.05) is 11.6 Å². The van der Waals surface area contributed by atoms with Crippen molar-refractivity contribution >= 4 is 41.3 Å². The lowest BCUT2D eigenvalue weighted by Crippen LogP contribution is -2.61. The maximum atomic E-state index is 11.6. The number of hydrogen-bond donors (Lipinski definition) is 2. The molecule has 7 heteroatoms. The van der Waals surface area contributed by atoms with E-state index < -0.39 is 0 Å². The van der Waals surface area contributed by atoms with E-state index in [0.29, 0.717) is 6.04 Å². The third-order valence-electron chi connectivity index (χ3n) is 5.48. The van der Waals surface area contributed by atoms with Gasteiger partial charge < -0.3 is 15.4 Å². The number of piperidine rings is 1. The van der Waals surface area contributed by atoms with Gasteiger partial charge in [0.2, 0.25) is 5.91 Å². The predicted octanol–water partition coefficient (Wildman–Crippen LogP) is 3.40. The molecule has 134 valence electrons. The quantitative estimate of drug-likeness (QED) is 0.813. The molecule has 3 heterocycles. The fraction of sp³-hybridized carbons (Fsp3) is 0.706. The molecule has 1 saturated heterocycles. The van der Waals surface area contributed by atoms with E-state index in [-0.39, 0.29) is 35.5 Å². The minimum Gasteiger partial charge on any atom is -0.369 e. The third kappa shape index (κ3) is 3.10. The van der Waals surface area contributed by atoms with Crippen molar-refractivity contribution < 1.29 is 9.53 Å². The highest BCUT2D eigenvalue weighted by molar-refractivity contribution is 7.16. The summed E-state index contributed by atoms with van der Waals surface area (Å²) in [5.74, 6) is 0.0565. The molecule has 2 N–H and O–H groups in total. The van der Waals surface area contributed by atoms with Crippen LogP contribution >= 0.6 is 35.3 Å². The van der Waals surface area contributed by atoms with Crippen LogP contribution in [-0.2, 0) is 21.6 Å². The Morgan fingerprint density at radius 1 is 1.46 bits per heavy atom. The highest BCUT2D eigenvalue weighted by Gasteiger charge is 2.56. The molecule has 0 radical (unpaired) electrons. The van der Waals surface area contributed by atoms with Crippen molar-refractivity contribution in [1.29, 1.82) is 0 Å². The lowest BCUT2D eigenvalue weighted by atomic mass is 9.77. The summed E-state index contributed by atoms with van der Waals surface area (Å²) in [5, 5.41) is 6.90. The molecule has 1 amide bonds. The number of fused-ring (bicyclic) bond motifs is 2. The van der Waals surface area contributed by atoms with Crippen molar-refractivity contribution in [3.63, 3.8) is 0 Å². The molecule has 4 rings (SSSR count). The number of carbonyl (C=O) groups is 1. The molecular weight excluding hydrogens is 367 g/mol. The highest BCUT2D eigenvalue weighted by atomic mass is 35.5. The van der Waals surface area contributed by atoms with Crippen molar-refractivity contribution in [2.75, 3.05) is 6.61 Å². The Morgan fingerprint density at radius 2 is 2.21 bits per heavy atom. The first-order chi connectivity index (χ1) is 10.9. The molecule has 24 heavy (non-hydrogen) atoms. The van der Waals surface area contributed by atoms with Gasteiger partial charge in [-0.25, -0.2) is 0 Å². The van der Waals surface area contributed by atoms with Crippen LogP contribution < -0.4 is 10.6 Å². The molecule has 4 nitrogen and oxygen atoms in total. The Balaban J connectivity index is 0.00000169. The van der Waals surface area contributed by atoms with E-state index in [2.05, 4.69) is 23.6 Å². The van der Waals surface area contributed by atoms with Gasteiger partial charge in [-0.2, -0.15) is 0 Å². The average Bonchev–Trinajstić information content (AvgIpc) is 3.12. The molecule has 3 aliphatic rings. The van der Waals surface area contributed by atoms with E-state index in [4.69, 9.17) is 16.3 Å². The van der Waals surface area contributed by atoms with Gasteiger partial charge >= 0.3 is 0 Å². The van der Waals surface area contributed by atoms with Crippen LogP contribution in [-0.4, -0.2) is 30.1 Å². The first kappa shape index (κ1) is 18.5. The lowest BCUT2D eigenvalue weighted by Gasteiger charge is -2.48. The molecule has 2 fully saturated rings. The van der Waals surface area contributed by atoms with Crippen LogP contribution in [0, 0.1) is 0 Å². The van der Waals surface area contributed by atoms with Crippen molar-refractivity contribution in [2.24, 2.45) is 0 Å². The van der Waals surface area contributed by atoms with E-state index in [9.17, 15) is 4.79 Å². The summed E-state index contributed by atoms with van der Waals surface area (Å²) < 4.78 is 7.23. The van der Waals surface area contributed by atoms with Gasteiger partial charge in [-0.3, -0.25) is 4.79 Å². The minimum absolute atomic E-state index is 0. The van der Waals surface area contributed by atoms with Crippen molar-refractivity contribution in [3.05, 3.63) is 20.8 Å². The summed E-state index contributed by atoms with van der Waals surface area (Å²) in [6.45, 7) is 4.58. The van der Waals surface area contributed by atoms with E-state index in [1.165, 1.54) is 10.4 Å². The van der Waals surface area contributed by atoms with Crippen LogP contribution in [0.5, 0.6) is 0 Å². The molecule has 1 spiro atoms. The van der Waals surface area contributed by atoms with Crippen molar-refractivity contribution in [3.8, 4) is 0 Å². The third-order valence-corrected chi connectivity index (χ3v) is 6.97. The largest absolute Gasteiger partial charge is 0.369 e. The van der Waals surface area contributed by atoms with Gasteiger partial charge in [-0.05, 0) is 50.7 Å². The number of halogens is 2. The van der Waals surface area contributed by atoms with E-state index in [1.807, 2.05) is 0 Å². The molecule has 3 atom stereocenters. The summed E-state index contributed by atoms with van der Waals surface area (Å²) in [6.07, 6.45) is 4.91. The second kappa shape index (κ2) is 6.44. The van der Waals surface area contributed by atoms with Gasteiger partial charge in [-0.15, -0.1) is 23.7 Å². The summed E-state index contributed by atoms with van der Waals surface area (Å²) in [4.78, 5) is 12.9. The zero-order chi connectivity index (χ0) is 16.2. The number of thiophene rings is 1. The van der Waals surface area contributed by atoms with Crippen LogP contribution in [0.25, 0.3) is 0 Å². The molecule has 2 aliphatic heterocycles. The van der Waals surface area contributed by atoms with Crippen LogP contribution in [0.1, 0.15) is 50.0 Å². The monoisotopic (exact) mass is 390 g/mol. The first-order valence-corrected chi connectivity index (χ1v) is 9.59. The molecular formula is C17H24Cl2N2O2S. The van der Waals surface area contributed by atoms with Crippen molar-refractivity contribution in [2.45, 2.75) is 69.2 Å². The molecule has 1 aromatic heterocycles. The molecule has 1 saturated carbocycles. The van der Waals surface area contributed by atoms with Crippen molar-refractivity contribution in [1.82, 2.24) is 10.6 Å². The van der Waals surface area contributed by atoms with Crippen LogP contribution in [0.2, 0.25) is 4.34 Å². The zero-order valence-electron chi connectivity index (χ0n) is 14.0. The maximum Gasteiger partial charge on any atom is 0.217 e. The smallest absolute Gasteiger partial charge is 0.217 e. The van der Waals surface area contributed by atoms with Crippen LogP contribution in [0.4, 0.5) is 0 Å². The fourth-order valence-electron chi connectivity index (χ4n) is 4.46. The molecule has 1 aliphatic carbocycles. The van der Waals surface area contributed by atoms with E-state index in [1.54, 1.807) is 18.3 Å². The second-order valence-electron chi connectivity index (χ2n) is 7.36. The second-order valence-corrected chi connectivity index (χ2v) is 9.05. The number of carbonyl (C=O) groups excluding carboxylic acids is 1.